The van der Waals surface area contributed by atoms with E-state index in [1.165, 1.54) is 70.6 Å². The van der Waals surface area contributed by atoms with E-state index in [1.54, 1.807) is 0 Å². The predicted octanol–water partition coefficient (Wildman–Crippen LogP) is 8.47. The van der Waals surface area contributed by atoms with E-state index in [4.69, 9.17) is 9.78 Å². The Labute approximate surface area is 186 Å². The average molecular weight is 427 g/mol. The van der Waals surface area contributed by atoms with Crippen molar-refractivity contribution in [1.82, 2.24) is 0 Å². The summed E-state index contributed by atoms with van der Waals surface area (Å²) in [5.41, 5.74) is 0. The molecule has 178 valence electrons. The third-order valence-electron chi connectivity index (χ3n) is 5.85. The highest BCUT2D eigenvalue weighted by Gasteiger charge is 2.22. The molecule has 0 aliphatic heterocycles. The molecule has 0 bridgehead atoms. The SMILES string of the molecule is CCCCCCCCCCC(CCCCCCCC)C(=O)OOC(=O)CCCCC. The molecule has 0 aliphatic rings. The fourth-order valence-corrected chi connectivity index (χ4v) is 3.79. The van der Waals surface area contributed by atoms with Crippen molar-refractivity contribution in [3.8, 4) is 0 Å². The van der Waals surface area contributed by atoms with Crippen molar-refractivity contribution < 1.29 is 19.4 Å². The van der Waals surface area contributed by atoms with Gasteiger partial charge in [0.15, 0.2) is 0 Å². The third kappa shape index (κ3) is 18.9. The minimum atomic E-state index is -0.429. The summed E-state index contributed by atoms with van der Waals surface area (Å²) in [4.78, 5) is 33.9. The summed E-state index contributed by atoms with van der Waals surface area (Å²) in [5.74, 6) is -0.919. The Morgan fingerprint density at radius 1 is 0.533 bits per heavy atom. The first-order valence-corrected chi connectivity index (χ1v) is 13.1. The molecule has 0 aromatic carbocycles. The number of hydrogen-bond donors (Lipinski definition) is 0. The molecule has 0 radical (unpaired) electrons. The van der Waals surface area contributed by atoms with Crippen molar-refractivity contribution in [3.63, 3.8) is 0 Å². The van der Waals surface area contributed by atoms with Crippen molar-refractivity contribution >= 4 is 11.9 Å². The number of carbonyl (C=O) groups excluding carboxylic acids is 2. The third-order valence-corrected chi connectivity index (χ3v) is 5.85. The van der Waals surface area contributed by atoms with E-state index < -0.39 is 5.97 Å². The summed E-state index contributed by atoms with van der Waals surface area (Å²) >= 11 is 0. The predicted molar refractivity (Wildman–Crippen MR) is 125 cm³/mol. The molecular formula is C26H50O4. The fourth-order valence-electron chi connectivity index (χ4n) is 3.79. The van der Waals surface area contributed by atoms with Crippen LogP contribution in [0.25, 0.3) is 0 Å². The lowest BCUT2D eigenvalue weighted by molar-refractivity contribution is -0.262. The van der Waals surface area contributed by atoms with Gasteiger partial charge < -0.3 is 0 Å². The van der Waals surface area contributed by atoms with E-state index in [-0.39, 0.29) is 11.9 Å². The highest BCUT2D eigenvalue weighted by atomic mass is 17.2. The lowest BCUT2D eigenvalue weighted by Crippen LogP contribution is -2.20. The zero-order chi connectivity index (χ0) is 22.3. The first-order chi connectivity index (χ1) is 14.7. The van der Waals surface area contributed by atoms with Crippen LogP contribution in [0, 0.1) is 5.92 Å². The molecule has 4 nitrogen and oxygen atoms in total. The van der Waals surface area contributed by atoms with Gasteiger partial charge in [-0.15, -0.1) is 0 Å². The Bertz CT molecular complexity index is 394. The van der Waals surface area contributed by atoms with Gasteiger partial charge in [-0.05, 0) is 19.3 Å². The van der Waals surface area contributed by atoms with E-state index in [0.29, 0.717) is 6.42 Å². The Morgan fingerprint density at radius 3 is 1.40 bits per heavy atom. The Kier molecular flexibility index (Phi) is 21.8. The van der Waals surface area contributed by atoms with Gasteiger partial charge in [-0.2, -0.15) is 0 Å². The second kappa shape index (κ2) is 22.6. The molecule has 0 N–H and O–H groups in total. The van der Waals surface area contributed by atoms with E-state index in [1.807, 2.05) is 0 Å². The van der Waals surface area contributed by atoms with Crippen molar-refractivity contribution in [1.29, 1.82) is 0 Å². The molecule has 0 heterocycles. The van der Waals surface area contributed by atoms with Gasteiger partial charge >= 0.3 is 11.9 Å². The monoisotopic (exact) mass is 426 g/mol. The maximum absolute atomic E-state index is 12.5. The largest absolute Gasteiger partial charge is 0.358 e. The summed E-state index contributed by atoms with van der Waals surface area (Å²) in [5, 5.41) is 0. The summed E-state index contributed by atoms with van der Waals surface area (Å²) < 4.78 is 0. The number of unbranched alkanes of at least 4 members (excludes halogenated alkanes) is 14. The van der Waals surface area contributed by atoms with Gasteiger partial charge in [0, 0.05) is 0 Å². The Hall–Kier alpha value is -1.06. The van der Waals surface area contributed by atoms with E-state index in [0.717, 1.165) is 51.4 Å². The lowest BCUT2D eigenvalue weighted by atomic mass is 9.94. The minimum Gasteiger partial charge on any atom is -0.247 e. The van der Waals surface area contributed by atoms with Gasteiger partial charge in [-0.25, -0.2) is 19.4 Å². The van der Waals surface area contributed by atoms with Crippen LogP contribution in [0.2, 0.25) is 0 Å². The van der Waals surface area contributed by atoms with E-state index in [9.17, 15) is 9.59 Å². The van der Waals surface area contributed by atoms with Crippen LogP contribution in [0.15, 0.2) is 0 Å². The Balaban J connectivity index is 4.18. The quantitative estimate of drug-likeness (QED) is 0.105. The summed E-state index contributed by atoms with van der Waals surface area (Å²) in [6.07, 6.45) is 22.1. The van der Waals surface area contributed by atoms with Gasteiger partial charge in [0.05, 0.1) is 12.3 Å². The molecule has 0 amide bonds. The van der Waals surface area contributed by atoms with Crippen LogP contribution in [-0.4, -0.2) is 11.9 Å². The van der Waals surface area contributed by atoms with Crippen LogP contribution < -0.4 is 0 Å². The average Bonchev–Trinajstić information content (AvgIpc) is 2.75. The van der Waals surface area contributed by atoms with Gasteiger partial charge in [-0.1, -0.05) is 124 Å². The minimum absolute atomic E-state index is 0.139. The topological polar surface area (TPSA) is 52.6 Å². The van der Waals surface area contributed by atoms with Crippen molar-refractivity contribution in [3.05, 3.63) is 0 Å². The molecular weight excluding hydrogens is 376 g/mol. The summed E-state index contributed by atoms with van der Waals surface area (Å²) in [6, 6.07) is 0. The van der Waals surface area contributed by atoms with Gasteiger partial charge in [0.1, 0.15) is 0 Å². The molecule has 1 unspecified atom stereocenters. The molecule has 0 saturated carbocycles. The van der Waals surface area contributed by atoms with E-state index in [2.05, 4.69) is 20.8 Å². The fraction of sp³-hybridized carbons (Fsp3) is 0.923. The maximum atomic E-state index is 12.5. The van der Waals surface area contributed by atoms with Crippen LogP contribution in [0.3, 0.4) is 0 Å². The molecule has 0 aromatic rings. The molecule has 0 fully saturated rings. The van der Waals surface area contributed by atoms with Crippen LogP contribution >= 0.6 is 0 Å². The van der Waals surface area contributed by atoms with Crippen LogP contribution in [0.5, 0.6) is 0 Å². The van der Waals surface area contributed by atoms with Crippen LogP contribution in [-0.2, 0) is 19.4 Å². The molecule has 1 atom stereocenters. The zero-order valence-corrected chi connectivity index (χ0v) is 20.4. The second-order valence-electron chi connectivity index (χ2n) is 8.83. The van der Waals surface area contributed by atoms with Crippen LogP contribution in [0.1, 0.15) is 149 Å². The molecule has 4 heteroatoms. The number of carbonyl (C=O) groups is 2. The van der Waals surface area contributed by atoms with Crippen molar-refractivity contribution in [2.24, 2.45) is 5.92 Å². The highest BCUT2D eigenvalue weighted by Crippen LogP contribution is 2.21. The lowest BCUT2D eigenvalue weighted by Gasteiger charge is -2.14. The highest BCUT2D eigenvalue weighted by molar-refractivity contribution is 5.74. The first-order valence-electron chi connectivity index (χ1n) is 13.1. The number of hydrogen-bond acceptors (Lipinski definition) is 4. The molecule has 0 spiro atoms. The van der Waals surface area contributed by atoms with Crippen molar-refractivity contribution in [2.45, 2.75) is 149 Å². The molecule has 0 saturated heterocycles. The number of rotatable bonds is 21. The van der Waals surface area contributed by atoms with Gasteiger partial charge in [-0.3, -0.25) is 0 Å². The smallest absolute Gasteiger partial charge is 0.247 e. The molecule has 0 rings (SSSR count). The Morgan fingerprint density at radius 2 is 0.933 bits per heavy atom. The van der Waals surface area contributed by atoms with Gasteiger partial charge in [0.25, 0.3) is 0 Å². The maximum Gasteiger partial charge on any atom is 0.358 e. The normalized spacial score (nSPS) is 12.0. The first kappa shape index (κ1) is 28.9. The molecule has 0 aliphatic carbocycles. The van der Waals surface area contributed by atoms with Crippen molar-refractivity contribution in [2.75, 3.05) is 0 Å². The van der Waals surface area contributed by atoms with E-state index >= 15 is 0 Å². The second-order valence-corrected chi connectivity index (χ2v) is 8.83. The van der Waals surface area contributed by atoms with Crippen LogP contribution in [0.4, 0.5) is 0 Å². The molecule has 30 heavy (non-hydrogen) atoms. The summed E-state index contributed by atoms with van der Waals surface area (Å²) in [6.45, 7) is 6.55. The standard InChI is InChI=1S/C26H50O4/c1-4-7-10-12-14-15-17-20-22-24(21-19-16-13-11-8-5-2)26(28)30-29-25(27)23-18-9-6-3/h24H,4-23H2,1-3H3. The molecule has 0 aromatic heterocycles. The van der Waals surface area contributed by atoms with Gasteiger partial charge in [0.2, 0.25) is 0 Å². The zero-order valence-electron chi connectivity index (χ0n) is 20.4. The summed E-state index contributed by atoms with van der Waals surface area (Å²) in [7, 11) is 0.